The lowest BCUT2D eigenvalue weighted by atomic mass is 10.2. The molecule has 0 bridgehead atoms. The van der Waals surface area contributed by atoms with Gasteiger partial charge in [-0.05, 0) is 31.2 Å². The summed E-state index contributed by atoms with van der Waals surface area (Å²) in [6.45, 7) is 2.50. The molecule has 128 valence electrons. The van der Waals surface area contributed by atoms with E-state index in [0.717, 1.165) is 25.9 Å². The molecule has 0 aliphatic carbocycles. The van der Waals surface area contributed by atoms with Gasteiger partial charge in [0.25, 0.3) is 5.91 Å². The van der Waals surface area contributed by atoms with Crippen molar-refractivity contribution in [1.82, 2.24) is 10.4 Å². The molecule has 1 N–H and O–H groups in total. The summed E-state index contributed by atoms with van der Waals surface area (Å²) in [6.07, 6.45) is 1.59. The Balaban J connectivity index is 1.52. The third-order valence-corrected chi connectivity index (χ3v) is 5.39. The van der Waals surface area contributed by atoms with E-state index in [1.807, 2.05) is 55.5 Å². The van der Waals surface area contributed by atoms with E-state index in [-0.39, 0.29) is 11.7 Å². The number of nitrogens with zero attached hydrogens (tertiary/aromatic N) is 2. The Morgan fingerprint density at radius 3 is 2.92 bits per heavy atom. The van der Waals surface area contributed by atoms with E-state index < -0.39 is 0 Å². The quantitative estimate of drug-likeness (QED) is 0.388. The average molecular weight is 371 g/mol. The summed E-state index contributed by atoms with van der Waals surface area (Å²) in [5, 5.41) is 4.00. The van der Waals surface area contributed by atoms with Crippen molar-refractivity contribution in [2.45, 2.75) is 11.3 Å². The van der Waals surface area contributed by atoms with Crippen LogP contribution in [0.2, 0.25) is 0 Å². The number of nitrogens with one attached hydrogen (secondary N) is 1. The van der Waals surface area contributed by atoms with Gasteiger partial charge in [-0.25, -0.2) is 10.4 Å². The number of carbonyl (C=O) groups is 1. The molecule has 7 heteroatoms. The number of rotatable bonds is 7. The van der Waals surface area contributed by atoms with Gasteiger partial charge in [-0.15, -0.1) is 11.3 Å². The van der Waals surface area contributed by atoms with Crippen LogP contribution in [-0.4, -0.2) is 29.5 Å². The number of hydrazone groups is 1. The molecule has 1 heterocycles. The molecule has 0 saturated heterocycles. The van der Waals surface area contributed by atoms with E-state index >= 15 is 0 Å². The van der Waals surface area contributed by atoms with Crippen molar-refractivity contribution in [2.24, 2.45) is 5.10 Å². The Morgan fingerprint density at radius 1 is 1.28 bits per heavy atom. The van der Waals surface area contributed by atoms with Crippen LogP contribution in [0, 0.1) is 0 Å². The first-order valence-electron chi connectivity index (χ1n) is 7.78. The van der Waals surface area contributed by atoms with Crippen LogP contribution in [0.4, 0.5) is 0 Å². The second-order valence-corrected chi connectivity index (χ2v) is 7.25. The van der Waals surface area contributed by atoms with Gasteiger partial charge in [-0.3, -0.25) is 4.79 Å². The van der Waals surface area contributed by atoms with Gasteiger partial charge < -0.3 is 4.74 Å². The van der Waals surface area contributed by atoms with Gasteiger partial charge in [0.15, 0.2) is 4.34 Å². The van der Waals surface area contributed by atoms with Gasteiger partial charge in [0.1, 0.15) is 5.75 Å². The molecule has 0 aliphatic heterocycles. The molecule has 0 radical (unpaired) electrons. The Kier molecular flexibility index (Phi) is 6.03. The Bertz CT molecular complexity index is 860. The van der Waals surface area contributed by atoms with Crippen molar-refractivity contribution >= 4 is 45.4 Å². The number of fused-ring (bicyclic) bond motifs is 1. The number of benzene rings is 2. The monoisotopic (exact) mass is 371 g/mol. The molecule has 3 aromatic rings. The highest BCUT2D eigenvalue weighted by molar-refractivity contribution is 8.01. The Morgan fingerprint density at radius 2 is 2.08 bits per heavy atom. The maximum Gasteiger partial charge on any atom is 0.250 e. The number of aromatic nitrogens is 1. The summed E-state index contributed by atoms with van der Waals surface area (Å²) >= 11 is 2.99. The second-order valence-electron chi connectivity index (χ2n) is 5.00. The van der Waals surface area contributed by atoms with Crippen molar-refractivity contribution in [3.05, 3.63) is 54.1 Å². The molecule has 1 amide bonds. The minimum atomic E-state index is -0.172. The predicted molar refractivity (Wildman–Crippen MR) is 104 cm³/mol. The number of ether oxygens (including phenoxy) is 1. The van der Waals surface area contributed by atoms with Crippen LogP contribution in [0.3, 0.4) is 0 Å². The standard InChI is InChI=1S/C18H17N3O2S2/c1-2-23-15-9-5-3-7-13(15)11-19-21-17(22)12-24-18-20-14-8-4-6-10-16(14)25-18/h3-11H,2,12H2,1H3,(H,21,22). The number of amides is 1. The van der Waals surface area contributed by atoms with Crippen LogP contribution in [-0.2, 0) is 4.79 Å². The molecule has 0 unspecified atom stereocenters. The number of hydrogen-bond donors (Lipinski definition) is 1. The summed E-state index contributed by atoms with van der Waals surface area (Å²) in [4.78, 5) is 16.4. The molecule has 0 atom stereocenters. The molecule has 25 heavy (non-hydrogen) atoms. The highest BCUT2D eigenvalue weighted by Gasteiger charge is 2.07. The molecule has 0 spiro atoms. The van der Waals surface area contributed by atoms with E-state index in [9.17, 15) is 4.79 Å². The van der Waals surface area contributed by atoms with Crippen molar-refractivity contribution in [3.8, 4) is 5.75 Å². The summed E-state index contributed by atoms with van der Waals surface area (Å²) in [7, 11) is 0. The predicted octanol–water partition coefficient (Wildman–Crippen LogP) is 3.94. The zero-order chi connectivity index (χ0) is 17.5. The van der Waals surface area contributed by atoms with Gasteiger partial charge in [0, 0.05) is 5.56 Å². The van der Waals surface area contributed by atoms with E-state index in [1.165, 1.54) is 11.8 Å². The van der Waals surface area contributed by atoms with Crippen LogP contribution in [0.5, 0.6) is 5.75 Å². The smallest absolute Gasteiger partial charge is 0.250 e. The molecule has 3 rings (SSSR count). The summed E-state index contributed by atoms with van der Waals surface area (Å²) in [6, 6.07) is 15.5. The van der Waals surface area contributed by atoms with Gasteiger partial charge in [0.05, 0.1) is 28.8 Å². The zero-order valence-corrected chi connectivity index (χ0v) is 15.3. The topological polar surface area (TPSA) is 63.6 Å². The fourth-order valence-corrected chi connectivity index (χ4v) is 3.98. The minimum Gasteiger partial charge on any atom is -0.493 e. The van der Waals surface area contributed by atoms with Crippen LogP contribution >= 0.6 is 23.1 Å². The van der Waals surface area contributed by atoms with E-state index in [2.05, 4.69) is 15.5 Å². The Labute approximate surface area is 154 Å². The first kappa shape index (κ1) is 17.4. The first-order chi connectivity index (χ1) is 12.3. The number of carbonyl (C=O) groups excluding carboxylic acids is 1. The number of hydrogen-bond acceptors (Lipinski definition) is 6. The number of para-hydroxylation sites is 2. The molecule has 5 nitrogen and oxygen atoms in total. The van der Waals surface area contributed by atoms with Gasteiger partial charge in [0.2, 0.25) is 0 Å². The average Bonchev–Trinajstić information content (AvgIpc) is 3.05. The molecule has 2 aromatic carbocycles. The SMILES string of the molecule is CCOc1ccccc1C=NNC(=O)CSc1nc2ccccc2s1. The highest BCUT2D eigenvalue weighted by atomic mass is 32.2. The molecule has 0 aliphatic rings. The van der Waals surface area contributed by atoms with Crippen molar-refractivity contribution in [2.75, 3.05) is 12.4 Å². The van der Waals surface area contributed by atoms with Crippen LogP contribution in [0.1, 0.15) is 12.5 Å². The summed E-state index contributed by atoms with van der Waals surface area (Å²) in [5.41, 5.74) is 4.32. The van der Waals surface area contributed by atoms with Crippen LogP contribution in [0.25, 0.3) is 10.2 Å². The maximum absolute atomic E-state index is 11.9. The van der Waals surface area contributed by atoms with E-state index in [1.54, 1.807) is 17.6 Å². The number of thiazole rings is 1. The lowest BCUT2D eigenvalue weighted by Crippen LogP contribution is -2.19. The molecule has 0 saturated carbocycles. The second kappa shape index (κ2) is 8.64. The van der Waals surface area contributed by atoms with E-state index in [0.29, 0.717) is 6.61 Å². The fourth-order valence-electron chi connectivity index (χ4n) is 2.12. The Hall–Kier alpha value is -2.38. The summed E-state index contributed by atoms with van der Waals surface area (Å²) in [5.74, 6) is 0.839. The van der Waals surface area contributed by atoms with Crippen molar-refractivity contribution in [1.29, 1.82) is 0 Å². The molecular weight excluding hydrogens is 354 g/mol. The van der Waals surface area contributed by atoms with Gasteiger partial charge >= 0.3 is 0 Å². The fraction of sp³-hybridized carbons (Fsp3) is 0.167. The number of thioether (sulfide) groups is 1. The lowest BCUT2D eigenvalue weighted by Gasteiger charge is -2.05. The third kappa shape index (κ3) is 4.80. The summed E-state index contributed by atoms with van der Waals surface area (Å²) < 4.78 is 7.51. The lowest BCUT2D eigenvalue weighted by molar-refractivity contribution is -0.118. The maximum atomic E-state index is 11.9. The molecular formula is C18H17N3O2S2. The minimum absolute atomic E-state index is 0.172. The van der Waals surface area contributed by atoms with Gasteiger partial charge in [-0.1, -0.05) is 36.0 Å². The first-order valence-corrected chi connectivity index (χ1v) is 9.58. The third-order valence-electron chi connectivity index (χ3n) is 3.21. The van der Waals surface area contributed by atoms with Gasteiger partial charge in [-0.2, -0.15) is 5.10 Å². The largest absolute Gasteiger partial charge is 0.493 e. The van der Waals surface area contributed by atoms with Crippen molar-refractivity contribution < 1.29 is 9.53 Å². The van der Waals surface area contributed by atoms with Crippen molar-refractivity contribution in [3.63, 3.8) is 0 Å². The van der Waals surface area contributed by atoms with Crippen LogP contribution in [0.15, 0.2) is 58.0 Å². The normalized spacial score (nSPS) is 11.1. The van der Waals surface area contributed by atoms with Crippen LogP contribution < -0.4 is 10.2 Å². The molecule has 0 fully saturated rings. The van der Waals surface area contributed by atoms with E-state index in [4.69, 9.17) is 4.74 Å². The highest BCUT2D eigenvalue weighted by Crippen LogP contribution is 2.28. The zero-order valence-electron chi connectivity index (χ0n) is 13.6. The molecule has 1 aromatic heterocycles.